The number of rotatable bonds is 5. The molecule has 5 rings (SSSR count). The number of piperazine rings is 1. The van der Waals surface area contributed by atoms with Crippen LogP contribution in [0.3, 0.4) is 0 Å². The van der Waals surface area contributed by atoms with Crippen LogP contribution < -0.4 is 26.2 Å². The third-order valence-corrected chi connectivity index (χ3v) is 6.12. The fourth-order valence-electron chi connectivity index (χ4n) is 4.43. The largest absolute Gasteiger partial charge is 0.369 e. The SMILES string of the molecule is NC(=O)C1CCCN(c2nc(Nc3ccc(N4CCNCC4)cc3)nc3[nH]ccc23)C1. The predicted molar refractivity (Wildman–Crippen MR) is 123 cm³/mol. The first-order valence-corrected chi connectivity index (χ1v) is 10.9. The summed E-state index contributed by atoms with van der Waals surface area (Å²) in [6.07, 6.45) is 3.61. The number of primary amides is 1. The fourth-order valence-corrected chi connectivity index (χ4v) is 4.43. The first-order chi connectivity index (χ1) is 15.2. The van der Waals surface area contributed by atoms with Gasteiger partial charge >= 0.3 is 0 Å². The van der Waals surface area contributed by atoms with Gasteiger partial charge in [0.05, 0.1) is 11.3 Å². The molecule has 1 aromatic carbocycles. The van der Waals surface area contributed by atoms with E-state index in [1.54, 1.807) is 0 Å². The van der Waals surface area contributed by atoms with Crippen LogP contribution in [0.4, 0.5) is 23.1 Å². The minimum Gasteiger partial charge on any atom is -0.369 e. The molecule has 1 unspecified atom stereocenters. The van der Waals surface area contributed by atoms with Gasteiger partial charge in [0.25, 0.3) is 0 Å². The third-order valence-electron chi connectivity index (χ3n) is 6.12. The Morgan fingerprint density at radius 1 is 1.06 bits per heavy atom. The highest BCUT2D eigenvalue weighted by atomic mass is 16.1. The van der Waals surface area contributed by atoms with E-state index in [1.165, 1.54) is 5.69 Å². The minimum absolute atomic E-state index is 0.147. The monoisotopic (exact) mass is 420 g/mol. The van der Waals surface area contributed by atoms with Crippen molar-refractivity contribution >= 4 is 40.1 Å². The van der Waals surface area contributed by atoms with Gasteiger partial charge in [-0.3, -0.25) is 4.79 Å². The highest BCUT2D eigenvalue weighted by Gasteiger charge is 2.26. The topological polar surface area (TPSA) is 115 Å². The van der Waals surface area contributed by atoms with Crippen LogP contribution in [0, 0.1) is 5.92 Å². The number of aromatic nitrogens is 3. The Labute approximate surface area is 181 Å². The zero-order chi connectivity index (χ0) is 21.2. The first kappa shape index (κ1) is 19.6. The van der Waals surface area contributed by atoms with Crippen molar-refractivity contribution in [3.05, 3.63) is 36.5 Å². The molecule has 2 aliphatic rings. The van der Waals surface area contributed by atoms with Gasteiger partial charge in [-0.05, 0) is 43.2 Å². The minimum atomic E-state index is -0.244. The molecule has 31 heavy (non-hydrogen) atoms. The lowest BCUT2D eigenvalue weighted by Crippen LogP contribution is -2.43. The second-order valence-corrected chi connectivity index (χ2v) is 8.21. The molecule has 0 saturated carbocycles. The number of hydrogen-bond acceptors (Lipinski definition) is 7. The van der Waals surface area contributed by atoms with Gasteiger partial charge in [-0.25, -0.2) is 0 Å². The molecular weight excluding hydrogens is 392 g/mol. The smallest absolute Gasteiger partial charge is 0.231 e. The average molecular weight is 421 g/mol. The van der Waals surface area contributed by atoms with E-state index in [0.29, 0.717) is 12.5 Å². The van der Waals surface area contributed by atoms with Crippen molar-refractivity contribution in [1.82, 2.24) is 20.3 Å². The van der Waals surface area contributed by atoms with E-state index in [0.717, 1.165) is 68.1 Å². The zero-order valence-corrected chi connectivity index (χ0v) is 17.5. The number of amides is 1. The van der Waals surface area contributed by atoms with Crippen LogP contribution >= 0.6 is 0 Å². The van der Waals surface area contributed by atoms with Gasteiger partial charge in [-0.2, -0.15) is 9.97 Å². The Balaban J connectivity index is 1.38. The Bertz CT molecular complexity index is 1060. The van der Waals surface area contributed by atoms with Gasteiger partial charge in [0.1, 0.15) is 11.5 Å². The van der Waals surface area contributed by atoms with Crippen molar-refractivity contribution < 1.29 is 4.79 Å². The van der Waals surface area contributed by atoms with Gasteiger partial charge in [0, 0.05) is 56.8 Å². The van der Waals surface area contributed by atoms with E-state index in [-0.39, 0.29) is 11.8 Å². The van der Waals surface area contributed by atoms with Crippen LogP contribution in [-0.2, 0) is 4.79 Å². The van der Waals surface area contributed by atoms with Crippen LogP contribution in [0.5, 0.6) is 0 Å². The summed E-state index contributed by atoms with van der Waals surface area (Å²) < 4.78 is 0. The molecular formula is C22H28N8O. The number of nitrogens with one attached hydrogen (secondary N) is 3. The summed E-state index contributed by atoms with van der Waals surface area (Å²) in [5, 5.41) is 7.67. The molecule has 0 aliphatic carbocycles. The number of H-pyrrole nitrogens is 1. The lowest BCUT2D eigenvalue weighted by Gasteiger charge is -2.32. The second kappa shape index (κ2) is 8.43. The number of carbonyl (C=O) groups excluding carboxylic acids is 1. The number of benzene rings is 1. The second-order valence-electron chi connectivity index (χ2n) is 8.21. The number of piperidine rings is 1. The summed E-state index contributed by atoms with van der Waals surface area (Å²) in [7, 11) is 0. The van der Waals surface area contributed by atoms with Gasteiger partial charge in [-0.1, -0.05) is 0 Å². The van der Waals surface area contributed by atoms with Gasteiger partial charge in [-0.15, -0.1) is 0 Å². The zero-order valence-electron chi connectivity index (χ0n) is 17.5. The maximum atomic E-state index is 11.7. The summed E-state index contributed by atoms with van der Waals surface area (Å²) in [4.78, 5) is 28.9. The maximum absolute atomic E-state index is 11.7. The molecule has 2 saturated heterocycles. The molecule has 0 radical (unpaired) electrons. The number of hydrogen-bond donors (Lipinski definition) is 4. The quantitative estimate of drug-likeness (QED) is 0.498. The van der Waals surface area contributed by atoms with Gasteiger partial charge < -0.3 is 31.2 Å². The lowest BCUT2D eigenvalue weighted by atomic mass is 9.97. The van der Waals surface area contributed by atoms with Crippen molar-refractivity contribution in [2.24, 2.45) is 11.7 Å². The summed E-state index contributed by atoms with van der Waals surface area (Å²) in [5.74, 6) is 0.969. The summed E-state index contributed by atoms with van der Waals surface area (Å²) >= 11 is 0. The standard InChI is InChI=1S/C22H28N8O/c23-19(31)15-2-1-11-30(14-15)21-18-7-8-25-20(18)27-22(28-21)26-16-3-5-17(6-4-16)29-12-9-24-10-13-29/h3-8,15,24H,1-2,9-14H2,(H2,23,31)(H2,25,26,27,28). The van der Waals surface area contributed by atoms with E-state index >= 15 is 0 Å². The molecule has 0 spiro atoms. The van der Waals surface area contributed by atoms with Crippen LogP contribution in [0.15, 0.2) is 36.5 Å². The summed E-state index contributed by atoms with van der Waals surface area (Å²) in [6.45, 7) is 5.50. The third kappa shape index (κ3) is 4.13. The number of carbonyl (C=O) groups is 1. The highest BCUT2D eigenvalue weighted by molar-refractivity contribution is 5.89. The fraction of sp³-hybridized carbons (Fsp3) is 0.409. The average Bonchev–Trinajstić information content (AvgIpc) is 3.28. The number of nitrogens with two attached hydrogens (primary N) is 1. The Morgan fingerprint density at radius 2 is 1.87 bits per heavy atom. The molecule has 4 heterocycles. The van der Waals surface area contributed by atoms with Crippen LogP contribution in [0.1, 0.15) is 12.8 Å². The molecule has 9 nitrogen and oxygen atoms in total. The molecule has 5 N–H and O–H groups in total. The molecule has 9 heteroatoms. The lowest BCUT2D eigenvalue weighted by molar-refractivity contribution is -0.122. The van der Waals surface area contributed by atoms with Gasteiger partial charge in [0.2, 0.25) is 11.9 Å². The summed E-state index contributed by atoms with van der Waals surface area (Å²) in [6, 6.07) is 10.4. The number of fused-ring (bicyclic) bond motifs is 1. The molecule has 3 aromatic rings. The first-order valence-electron chi connectivity index (χ1n) is 10.9. The number of aromatic amines is 1. The van der Waals surface area contributed by atoms with Crippen LogP contribution in [0.25, 0.3) is 11.0 Å². The molecule has 2 aromatic heterocycles. The molecule has 162 valence electrons. The van der Waals surface area contributed by atoms with Crippen molar-refractivity contribution in [1.29, 1.82) is 0 Å². The number of nitrogens with zero attached hydrogens (tertiary/aromatic N) is 4. The number of anilines is 4. The predicted octanol–water partition coefficient (Wildman–Crippen LogP) is 1.81. The molecule has 1 atom stereocenters. The van der Waals surface area contributed by atoms with E-state index < -0.39 is 0 Å². The Morgan fingerprint density at radius 3 is 2.65 bits per heavy atom. The molecule has 1 amide bonds. The molecule has 2 fully saturated rings. The van der Waals surface area contributed by atoms with Gasteiger partial charge in [0.15, 0.2) is 0 Å². The van der Waals surface area contributed by atoms with Crippen LogP contribution in [-0.4, -0.2) is 60.1 Å². The van der Waals surface area contributed by atoms with E-state index in [9.17, 15) is 4.79 Å². The van der Waals surface area contributed by atoms with Crippen LogP contribution in [0.2, 0.25) is 0 Å². The van der Waals surface area contributed by atoms with E-state index in [4.69, 9.17) is 10.7 Å². The molecule has 0 bridgehead atoms. The molecule has 2 aliphatic heterocycles. The van der Waals surface area contributed by atoms with Crippen molar-refractivity contribution in [2.45, 2.75) is 12.8 Å². The van der Waals surface area contributed by atoms with Crippen molar-refractivity contribution in [3.63, 3.8) is 0 Å². The Hall–Kier alpha value is -3.33. The highest BCUT2D eigenvalue weighted by Crippen LogP contribution is 2.30. The Kier molecular flexibility index (Phi) is 5.33. The normalized spacial score (nSPS) is 19.5. The summed E-state index contributed by atoms with van der Waals surface area (Å²) in [5.41, 5.74) is 8.50. The maximum Gasteiger partial charge on any atom is 0.231 e. The van der Waals surface area contributed by atoms with E-state index in [1.807, 2.05) is 12.3 Å². The van der Waals surface area contributed by atoms with Crippen molar-refractivity contribution in [2.75, 3.05) is 54.4 Å². The van der Waals surface area contributed by atoms with E-state index in [2.05, 4.69) is 54.7 Å². The van der Waals surface area contributed by atoms with Crippen molar-refractivity contribution in [3.8, 4) is 0 Å².